The lowest BCUT2D eigenvalue weighted by Crippen LogP contribution is -2.16. The highest BCUT2D eigenvalue weighted by molar-refractivity contribution is 5.88. The number of hydrogen-bond acceptors (Lipinski definition) is 4. The van der Waals surface area contributed by atoms with E-state index in [4.69, 9.17) is 19.3 Å². The number of ether oxygens (including phenoxy) is 3. The highest BCUT2D eigenvalue weighted by Gasteiger charge is 2.19. The molecule has 0 saturated carbocycles. The van der Waals surface area contributed by atoms with Crippen molar-refractivity contribution in [2.75, 3.05) is 20.3 Å². The van der Waals surface area contributed by atoms with E-state index in [1.54, 1.807) is 6.07 Å². The van der Waals surface area contributed by atoms with Crippen molar-refractivity contribution >= 4 is 5.97 Å². The van der Waals surface area contributed by atoms with E-state index in [0.717, 1.165) is 6.42 Å². The van der Waals surface area contributed by atoms with Crippen LogP contribution in [0.15, 0.2) is 18.2 Å². The summed E-state index contributed by atoms with van der Waals surface area (Å²) in [7, 11) is 1.49. The number of carbonyl (C=O) groups is 1. The maximum Gasteiger partial charge on any atom is 0.335 e. The molecular formula is C12H14O5. The SMILES string of the molecule is COc1cc(C(=O)O)ccc1O[C@@H]1CCOC1. The van der Waals surface area contributed by atoms with Crippen LogP contribution in [0.3, 0.4) is 0 Å². The van der Waals surface area contributed by atoms with Gasteiger partial charge in [-0.05, 0) is 18.2 Å². The van der Waals surface area contributed by atoms with Gasteiger partial charge in [-0.1, -0.05) is 0 Å². The maximum atomic E-state index is 10.8. The van der Waals surface area contributed by atoms with E-state index in [0.29, 0.717) is 24.7 Å². The van der Waals surface area contributed by atoms with E-state index in [-0.39, 0.29) is 11.7 Å². The van der Waals surface area contributed by atoms with E-state index in [2.05, 4.69) is 0 Å². The van der Waals surface area contributed by atoms with Crippen LogP contribution in [0.25, 0.3) is 0 Å². The molecule has 5 nitrogen and oxygen atoms in total. The first-order valence-electron chi connectivity index (χ1n) is 5.36. The molecule has 1 heterocycles. The number of benzene rings is 1. The second kappa shape index (κ2) is 5.05. The normalized spacial score (nSPS) is 19.0. The lowest BCUT2D eigenvalue weighted by molar-refractivity contribution is 0.0696. The van der Waals surface area contributed by atoms with Gasteiger partial charge < -0.3 is 19.3 Å². The standard InChI is InChI=1S/C12H14O5/c1-15-11-6-8(12(13)14)2-3-10(11)17-9-4-5-16-7-9/h2-3,6,9H,4-5,7H2,1H3,(H,13,14)/t9-/m1/s1. The molecule has 1 aliphatic heterocycles. The Hall–Kier alpha value is -1.75. The molecule has 0 amide bonds. The summed E-state index contributed by atoms with van der Waals surface area (Å²) in [6, 6.07) is 4.56. The number of carboxylic acids is 1. The molecule has 0 spiro atoms. The van der Waals surface area contributed by atoms with Gasteiger partial charge in [-0.2, -0.15) is 0 Å². The van der Waals surface area contributed by atoms with Gasteiger partial charge in [0.1, 0.15) is 6.10 Å². The van der Waals surface area contributed by atoms with Gasteiger partial charge in [0, 0.05) is 6.42 Å². The zero-order valence-electron chi connectivity index (χ0n) is 9.51. The topological polar surface area (TPSA) is 65.0 Å². The summed E-state index contributed by atoms with van der Waals surface area (Å²) in [6.07, 6.45) is 0.851. The van der Waals surface area contributed by atoms with Crippen molar-refractivity contribution in [3.05, 3.63) is 23.8 Å². The first kappa shape index (κ1) is 11.7. The molecule has 0 aliphatic carbocycles. The fraction of sp³-hybridized carbons (Fsp3) is 0.417. The average Bonchev–Trinajstić information content (AvgIpc) is 2.82. The Bertz CT molecular complexity index is 409. The van der Waals surface area contributed by atoms with E-state index >= 15 is 0 Å². The van der Waals surface area contributed by atoms with Crippen molar-refractivity contribution in [2.45, 2.75) is 12.5 Å². The van der Waals surface area contributed by atoms with Crippen LogP contribution < -0.4 is 9.47 Å². The molecule has 5 heteroatoms. The molecule has 0 bridgehead atoms. The number of methoxy groups -OCH3 is 1. The van der Waals surface area contributed by atoms with Crippen molar-refractivity contribution in [3.8, 4) is 11.5 Å². The van der Waals surface area contributed by atoms with Gasteiger partial charge in [0.2, 0.25) is 0 Å². The minimum Gasteiger partial charge on any atom is -0.493 e. The molecule has 0 unspecified atom stereocenters. The molecule has 1 fully saturated rings. The quantitative estimate of drug-likeness (QED) is 0.862. The van der Waals surface area contributed by atoms with Crippen LogP contribution in [0, 0.1) is 0 Å². The lowest BCUT2D eigenvalue weighted by atomic mass is 10.2. The van der Waals surface area contributed by atoms with Crippen LogP contribution in [-0.4, -0.2) is 37.5 Å². The highest BCUT2D eigenvalue weighted by atomic mass is 16.6. The monoisotopic (exact) mass is 238 g/mol. The second-order valence-corrected chi connectivity index (χ2v) is 3.77. The van der Waals surface area contributed by atoms with E-state index in [9.17, 15) is 4.79 Å². The number of rotatable bonds is 4. The minimum absolute atomic E-state index is 0.0135. The van der Waals surface area contributed by atoms with Gasteiger partial charge in [-0.15, -0.1) is 0 Å². The van der Waals surface area contributed by atoms with Gasteiger partial charge in [0.15, 0.2) is 11.5 Å². The van der Waals surface area contributed by atoms with Crippen molar-refractivity contribution < 1.29 is 24.1 Å². The van der Waals surface area contributed by atoms with Gasteiger partial charge in [0.25, 0.3) is 0 Å². The smallest absolute Gasteiger partial charge is 0.335 e. The van der Waals surface area contributed by atoms with Crippen LogP contribution >= 0.6 is 0 Å². The van der Waals surface area contributed by atoms with Crippen LogP contribution in [0.4, 0.5) is 0 Å². The first-order chi connectivity index (χ1) is 8.20. The highest BCUT2D eigenvalue weighted by Crippen LogP contribution is 2.30. The second-order valence-electron chi connectivity index (χ2n) is 3.77. The third kappa shape index (κ3) is 2.68. The number of hydrogen-bond donors (Lipinski definition) is 1. The van der Waals surface area contributed by atoms with E-state index in [1.165, 1.54) is 19.2 Å². The molecule has 1 N–H and O–H groups in total. The summed E-state index contributed by atoms with van der Waals surface area (Å²) in [6.45, 7) is 1.25. The fourth-order valence-corrected chi connectivity index (χ4v) is 1.68. The molecule has 17 heavy (non-hydrogen) atoms. The Labute approximate surface area is 98.9 Å². The van der Waals surface area contributed by atoms with Crippen LogP contribution in [0.2, 0.25) is 0 Å². The third-order valence-corrected chi connectivity index (χ3v) is 2.59. The number of aromatic carboxylic acids is 1. The van der Waals surface area contributed by atoms with Crippen LogP contribution in [0.1, 0.15) is 16.8 Å². The van der Waals surface area contributed by atoms with Crippen molar-refractivity contribution in [1.82, 2.24) is 0 Å². The molecule has 1 aromatic rings. The van der Waals surface area contributed by atoms with Gasteiger partial charge in [-0.25, -0.2) is 4.79 Å². The van der Waals surface area contributed by atoms with Gasteiger partial charge in [-0.3, -0.25) is 0 Å². The predicted molar refractivity (Wildman–Crippen MR) is 59.8 cm³/mol. The Balaban J connectivity index is 2.18. The van der Waals surface area contributed by atoms with Crippen molar-refractivity contribution in [2.24, 2.45) is 0 Å². The molecule has 1 aromatic carbocycles. The molecule has 1 atom stereocenters. The Kier molecular flexibility index (Phi) is 3.49. The minimum atomic E-state index is -0.987. The van der Waals surface area contributed by atoms with Crippen molar-refractivity contribution in [3.63, 3.8) is 0 Å². The first-order valence-corrected chi connectivity index (χ1v) is 5.36. The molecule has 0 aromatic heterocycles. The summed E-state index contributed by atoms with van der Waals surface area (Å²) >= 11 is 0. The summed E-state index contributed by atoms with van der Waals surface area (Å²) in [4.78, 5) is 10.8. The lowest BCUT2D eigenvalue weighted by Gasteiger charge is -2.15. The average molecular weight is 238 g/mol. The summed E-state index contributed by atoms with van der Waals surface area (Å²) < 4.78 is 16.0. The molecule has 92 valence electrons. The largest absolute Gasteiger partial charge is 0.493 e. The fourth-order valence-electron chi connectivity index (χ4n) is 1.68. The summed E-state index contributed by atoms with van der Waals surface area (Å²) in [5.74, 6) is -0.0103. The predicted octanol–water partition coefficient (Wildman–Crippen LogP) is 1.56. The van der Waals surface area contributed by atoms with Crippen molar-refractivity contribution in [1.29, 1.82) is 0 Å². The molecule has 2 rings (SSSR count). The third-order valence-electron chi connectivity index (χ3n) is 2.59. The van der Waals surface area contributed by atoms with Gasteiger partial charge >= 0.3 is 5.97 Å². The molecule has 1 aliphatic rings. The summed E-state index contributed by atoms with van der Waals surface area (Å²) in [5, 5.41) is 8.86. The van der Waals surface area contributed by atoms with Gasteiger partial charge in [0.05, 0.1) is 25.9 Å². The zero-order valence-corrected chi connectivity index (χ0v) is 9.51. The maximum absolute atomic E-state index is 10.8. The summed E-state index contributed by atoms with van der Waals surface area (Å²) in [5.41, 5.74) is 0.178. The zero-order chi connectivity index (χ0) is 12.3. The number of carboxylic acid groups (broad SMARTS) is 1. The molecule has 1 saturated heterocycles. The molecular weight excluding hydrogens is 224 g/mol. The Morgan fingerprint density at radius 3 is 2.88 bits per heavy atom. The molecule has 0 radical (unpaired) electrons. The van der Waals surface area contributed by atoms with E-state index in [1.807, 2.05) is 0 Å². The van der Waals surface area contributed by atoms with E-state index < -0.39 is 5.97 Å². The Morgan fingerprint density at radius 2 is 2.29 bits per heavy atom. The Morgan fingerprint density at radius 1 is 1.47 bits per heavy atom. The van der Waals surface area contributed by atoms with Crippen LogP contribution in [0.5, 0.6) is 11.5 Å². The van der Waals surface area contributed by atoms with Crippen LogP contribution in [-0.2, 0) is 4.74 Å².